The highest BCUT2D eigenvalue weighted by Gasteiger charge is 2.44. The Kier molecular flexibility index (Phi) is 8.46. The average molecular weight is 528 g/mol. The molecule has 5 N–H and O–H groups in total. The Bertz CT molecular complexity index is 1420. The number of carbonyl (C=O) groups excluding carboxylic acids is 3. The van der Waals surface area contributed by atoms with Crippen LogP contribution in [0.5, 0.6) is 0 Å². The Morgan fingerprint density at radius 3 is 2.32 bits per heavy atom. The van der Waals surface area contributed by atoms with E-state index in [1.165, 1.54) is 43.5 Å². The summed E-state index contributed by atoms with van der Waals surface area (Å²) in [5, 5.41) is 10.1. The molecule has 2 atom stereocenters. The minimum atomic E-state index is -5.38. The lowest BCUT2D eigenvalue weighted by molar-refractivity contribution is -0.203. The molecule has 0 bridgehead atoms. The smallest absolute Gasteiger partial charge is 0.386 e. The maximum Gasteiger partial charge on any atom is 0.491 e. The monoisotopic (exact) mass is 528 g/mol. The van der Waals surface area contributed by atoms with Crippen LogP contribution >= 0.6 is 0 Å². The fourth-order valence-corrected chi connectivity index (χ4v) is 3.64. The largest absolute Gasteiger partial charge is 0.491 e. The number of amidine groups is 1. The highest BCUT2D eigenvalue weighted by molar-refractivity contribution is 5.96. The third kappa shape index (κ3) is 7.15. The van der Waals surface area contributed by atoms with Crippen molar-refractivity contribution in [3.8, 4) is 11.1 Å². The Morgan fingerprint density at radius 1 is 1.03 bits per heavy atom. The van der Waals surface area contributed by atoms with Crippen LogP contribution in [0.3, 0.4) is 0 Å². The number of nitrogen functional groups attached to an aromatic ring is 1. The van der Waals surface area contributed by atoms with E-state index in [-0.39, 0.29) is 23.4 Å². The van der Waals surface area contributed by atoms with Gasteiger partial charge in [0.15, 0.2) is 0 Å². The summed E-state index contributed by atoms with van der Waals surface area (Å²) in [4.78, 5) is 50.8. The number of rotatable bonds is 8. The van der Waals surface area contributed by atoms with Gasteiger partial charge in [-0.05, 0) is 54.3 Å². The number of H-pyrrole nitrogens is 1. The number of hydrogen-bond acceptors (Lipinski definition) is 6. The van der Waals surface area contributed by atoms with Crippen LogP contribution in [-0.2, 0) is 20.7 Å². The fraction of sp³-hybridized carbons (Fsp3) is 0.192. The summed E-state index contributed by atoms with van der Waals surface area (Å²) in [5.74, 6) is -6.42. The van der Waals surface area contributed by atoms with Gasteiger partial charge in [-0.25, -0.2) is 4.79 Å². The Morgan fingerprint density at radius 2 is 1.71 bits per heavy atom. The van der Waals surface area contributed by atoms with Crippen molar-refractivity contribution in [1.82, 2.24) is 10.3 Å². The maximum atomic E-state index is 12.9. The Hall–Kier alpha value is -4.74. The lowest BCUT2D eigenvalue weighted by Gasteiger charge is -2.24. The summed E-state index contributed by atoms with van der Waals surface area (Å²) in [7, 11) is 0. The summed E-state index contributed by atoms with van der Waals surface area (Å²) < 4.78 is 42.2. The number of nitrogens with two attached hydrogens (primary N) is 1. The molecule has 1 heterocycles. The van der Waals surface area contributed by atoms with Crippen molar-refractivity contribution in [3.63, 3.8) is 0 Å². The average Bonchev–Trinajstić information content (AvgIpc) is 2.86. The fourth-order valence-electron chi connectivity index (χ4n) is 3.64. The van der Waals surface area contributed by atoms with Crippen LogP contribution in [0.4, 0.5) is 13.2 Å². The normalized spacial score (nSPS) is 12.7. The molecule has 1 amide bonds. The zero-order valence-corrected chi connectivity index (χ0v) is 20.0. The summed E-state index contributed by atoms with van der Waals surface area (Å²) in [6, 6.07) is 14.3. The molecule has 9 nitrogen and oxygen atoms in total. The van der Waals surface area contributed by atoms with Gasteiger partial charge in [0.05, 0.1) is 5.92 Å². The van der Waals surface area contributed by atoms with E-state index >= 15 is 0 Å². The van der Waals surface area contributed by atoms with E-state index in [1.807, 2.05) is 0 Å². The van der Waals surface area contributed by atoms with Gasteiger partial charge in [0, 0.05) is 29.4 Å². The van der Waals surface area contributed by atoms with Gasteiger partial charge >= 0.3 is 18.1 Å². The van der Waals surface area contributed by atoms with E-state index in [0.29, 0.717) is 22.3 Å². The zero-order chi connectivity index (χ0) is 28.0. The van der Waals surface area contributed by atoms with Gasteiger partial charge in [-0.3, -0.25) is 19.8 Å². The van der Waals surface area contributed by atoms with Crippen molar-refractivity contribution < 1.29 is 32.3 Å². The number of alkyl halides is 3. The molecule has 0 aliphatic heterocycles. The van der Waals surface area contributed by atoms with Gasteiger partial charge in [0.2, 0.25) is 5.56 Å². The molecule has 198 valence electrons. The first kappa shape index (κ1) is 27.8. The molecule has 1 aromatic heterocycles. The second-order valence-electron chi connectivity index (χ2n) is 8.41. The topological polar surface area (TPSA) is 155 Å². The summed E-state index contributed by atoms with van der Waals surface area (Å²) in [6.07, 6.45) is -4.12. The van der Waals surface area contributed by atoms with E-state index in [1.54, 1.807) is 30.3 Å². The predicted octanol–water partition coefficient (Wildman–Crippen LogP) is 2.94. The molecule has 0 spiro atoms. The van der Waals surface area contributed by atoms with Crippen LogP contribution in [0.2, 0.25) is 0 Å². The molecular formula is C26H23F3N4O5. The van der Waals surface area contributed by atoms with Crippen molar-refractivity contribution in [3.05, 3.63) is 93.9 Å². The van der Waals surface area contributed by atoms with Crippen molar-refractivity contribution in [1.29, 1.82) is 5.41 Å². The predicted molar refractivity (Wildman–Crippen MR) is 131 cm³/mol. The highest BCUT2D eigenvalue weighted by Crippen LogP contribution is 2.22. The van der Waals surface area contributed by atoms with Crippen LogP contribution in [0.15, 0.2) is 71.7 Å². The van der Waals surface area contributed by atoms with Crippen LogP contribution in [0.25, 0.3) is 11.1 Å². The lowest BCUT2D eigenvalue weighted by atomic mass is 9.92. The SMILES string of the molecule is CC(NC(=O)c1ccc(-c2cc[nH]c(=O)c2)cc1)C(Cc1cccc(C(=N)N)c1)C(=O)OC(=O)C(F)(F)F. The lowest BCUT2D eigenvalue weighted by Crippen LogP contribution is -2.44. The number of aromatic amines is 1. The molecule has 0 aliphatic carbocycles. The van der Waals surface area contributed by atoms with Gasteiger partial charge in [-0.1, -0.05) is 30.3 Å². The number of hydrogen-bond donors (Lipinski definition) is 4. The van der Waals surface area contributed by atoms with E-state index in [2.05, 4.69) is 15.0 Å². The number of benzene rings is 2. The third-order valence-electron chi connectivity index (χ3n) is 5.64. The zero-order valence-electron chi connectivity index (χ0n) is 20.0. The molecule has 0 saturated carbocycles. The minimum absolute atomic E-state index is 0.183. The van der Waals surface area contributed by atoms with Gasteiger partial charge in [0.1, 0.15) is 5.84 Å². The van der Waals surface area contributed by atoms with Gasteiger partial charge in [0.25, 0.3) is 5.91 Å². The van der Waals surface area contributed by atoms with Gasteiger partial charge in [-0.15, -0.1) is 0 Å². The molecule has 0 radical (unpaired) electrons. The first-order valence-corrected chi connectivity index (χ1v) is 11.2. The number of carbonyl (C=O) groups is 3. The Balaban J connectivity index is 1.81. The first-order chi connectivity index (χ1) is 17.8. The maximum absolute atomic E-state index is 12.9. The van der Waals surface area contributed by atoms with Crippen molar-refractivity contribution in [2.24, 2.45) is 11.7 Å². The molecule has 2 unspecified atom stereocenters. The number of esters is 2. The van der Waals surface area contributed by atoms with Gasteiger partial charge < -0.3 is 20.8 Å². The first-order valence-electron chi connectivity index (χ1n) is 11.2. The number of pyridine rings is 1. The van der Waals surface area contributed by atoms with Gasteiger partial charge in [-0.2, -0.15) is 13.2 Å². The molecule has 38 heavy (non-hydrogen) atoms. The van der Waals surface area contributed by atoms with Crippen LogP contribution in [-0.4, -0.2) is 40.9 Å². The van der Waals surface area contributed by atoms with Crippen LogP contribution < -0.4 is 16.6 Å². The number of ether oxygens (including phenoxy) is 1. The standard InChI is InChI=1S/C26H23F3N4O5/c1-14(33-23(35)17-7-5-16(6-8-17)18-9-10-32-21(34)13-18)20(24(36)38-25(37)26(27,28)29)12-15-3-2-4-19(11-15)22(30)31/h2-11,13-14,20H,12H2,1H3,(H3,30,31)(H,32,34)(H,33,35). The minimum Gasteiger partial charge on any atom is -0.386 e. The highest BCUT2D eigenvalue weighted by atomic mass is 19.4. The van der Waals surface area contributed by atoms with E-state index < -0.39 is 36.0 Å². The molecule has 3 rings (SSSR count). The van der Waals surface area contributed by atoms with E-state index in [0.717, 1.165) is 0 Å². The van der Waals surface area contributed by atoms with Crippen LogP contribution in [0, 0.1) is 11.3 Å². The molecule has 12 heteroatoms. The van der Waals surface area contributed by atoms with E-state index in [4.69, 9.17) is 11.1 Å². The molecule has 2 aromatic carbocycles. The van der Waals surface area contributed by atoms with Crippen molar-refractivity contribution >= 4 is 23.7 Å². The van der Waals surface area contributed by atoms with Crippen molar-refractivity contribution in [2.75, 3.05) is 0 Å². The Labute approximate surface area is 214 Å². The number of nitrogens with one attached hydrogen (secondary N) is 3. The van der Waals surface area contributed by atoms with Crippen molar-refractivity contribution in [2.45, 2.75) is 25.6 Å². The molecule has 3 aromatic rings. The van der Waals surface area contributed by atoms with E-state index in [9.17, 15) is 32.3 Å². The molecule has 0 saturated heterocycles. The number of aromatic nitrogens is 1. The van der Waals surface area contributed by atoms with Crippen LogP contribution in [0.1, 0.15) is 28.4 Å². The third-order valence-corrected chi connectivity index (χ3v) is 5.64. The molecule has 0 fully saturated rings. The second kappa shape index (κ2) is 11.5. The molecule has 0 aliphatic rings. The second-order valence-corrected chi connectivity index (χ2v) is 8.41. The molecular weight excluding hydrogens is 505 g/mol. The summed E-state index contributed by atoms with van der Waals surface area (Å²) >= 11 is 0. The quantitative estimate of drug-likeness (QED) is 0.153. The summed E-state index contributed by atoms with van der Waals surface area (Å²) in [5.41, 5.74) is 7.39. The number of amides is 1. The summed E-state index contributed by atoms with van der Waals surface area (Å²) in [6.45, 7) is 1.39. The number of halogens is 3.